The number of nitrogens with one attached hydrogen (secondary N) is 1. The molecule has 0 fully saturated rings. The molecule has 0 spiro atoms. The molecule has 2 unspecified atom stereocenters. The summed E-state index contributed by atoms with van der Waals surface area (Å²) in [5, 5.41) is 34.5. The van der Waals surface area contributed by atoms with Gasteiger partial charge in [0.1, 0.15) is 0 Å². The smallest absolute Gasteiger partial charge is 0.347 e. The van der Waals surface area contributed by atoms with Crippen molar-refractivity contribution in [2.75, 3.05) is 13.2 Å². The summed E-state index contributed by atoms with van der Waals surface area (Å²) in [4.78, 5) is 46.8. The Bertz CT molecular complexity index is 1080. The highest BCUT2D eigenvalue weighted by atomic mass is 16.7. The van der Waals surface area contributed by atoms with E-state index in [0.29, 0.717) is 17.8 Å². The second-order valence-electron chi connectivity index (χ2n) is 8.76. The van der Waals surface area contributed by atoms with Crippen molar-refractivity contribution < 1.29 is 34.0 Å². The summed E-state index contributed by atoms with van der Waals surface area (Å²) >= 11 is 0. The Kier molecular flexibility index (Phi) is 11.2. The van der Waals surface area contributed by atoms with Gasteiger partial charge in [0.2, 0.25) is 0 Å². The predicted molar refractivity (Wildman–Crippen MR) is 133 cm³/mol. The number of carbonyl (C=O) groups excluding carboxylic acids is 2. The second-order valence-corrected chi connectivity index (χ2v) is 8.76. The maximum Gasteiger partial charge on any atom is 0.347 e. The Morgan fingerprint density at radius 2 is 1.59 bits per heavy atom. The Balaban J connectivity index is 2.36. The second kappa shape index (κ2) is 14.1. The lowest BCUT2D eigenvalue weighted by Gasteiger charge is -2.30. The molecule has 1 aromatic rings. The summed E-state index contributed by atoms with van der Waals surface area (Å²) in [5.41, 5.74) is 0.697. The normalized spacial score (nSPS) is 16.2. The van der Waals surface area contributed by atoms with E-state index in [-0.39, 0.29) is 29.0 Å². The number of hydrogen-bond acceptors (Lipinski definition) is 10. The molecule has 0 radical (unpaired) electrons. The monoisotopic (exact) mass is 519 g/mol. The maximum atomic E-state index is 13.2. The van der Waals surface area contributed by atoms with E-state index in [1.807, 2.05) is 0 Å². The zero-order valence-corrected chi connectivity index (χ0v) is 21.2. The average molecular weight is 520 g/mol. The molecule has 2 N–H and O–H groups in total. The summed E-state index contributed by atoms with van der Waals surface area (Å²) < 4.78 is 10.5. The van der Waals surface area contributed by atoms with Crippen LogP contribution in [0, 0.1) is 20.2 Å². The van der Waals surface area contributed by atoms with Crippen LogP contribution in [-0.4, -0.2) is 46.3 Å². The molecule has 0 aliphatic carbocycles. The molecule has 1 aliphatic heterocycles. The third-order valence-electron chi connectivity index (χ3n) is 5.95. The van der Waals surface area contributed by atoms with E-state index in [9.17, 15) is 34.9 Å². The molecule has 0 amide bonds. The standard InChI is InChI=1S/C25H33N3O9/c1-4-5-6-7-8-9-13-36-24(30)21-16(2)26-17(3)22(25(31)37-15-20(29)28(34)35)23(21)18-11-10-12-19(14-18)27(32)33/h10-12,14,20,23,26,29H,4-9,13,15H2,1-3H3. The fraction of sp³-hybridized carbons (Fsp3) is 0.520. The highest BCUT2D eigenvalue weighted by molar-refractivity contribution is 6.00. The number of nitrogens with zero attached hydrogens (tertiary/aromatic N) is 2. The number of carbonyl (C=O) groups is 2. The first-order valence-electron chi connectivity index (χ1n) is 12.2. The number of benzene rings is 1. The van der Waals surface area contributed by atoms with E-state index in [1.165, 1.54) is 24.3 Å². The molecule has 12 nitrogen and oxygen atoms in total. The van der Waals surface area contributed by atoms with E-state index in [2.05, 4.69) is 12.2 Å². The summed E-state index contributed by atoms with van der Waals surface area (Å²) in [7, 11) is 0. The lowest BCUT2D eigenvalue weighted by molar-refractivity contribution is -0.572. The molecule has 2 rings (SSSR count). The Labute approximate surface area is 214 Å². The highest BCUT2D eigenvalue weighted by Gasteiger charge is 2.39. The van der Waals surface area contributed by atoms with E-state index in [1.54, 1.807) is 13.8 Å². The van der Waals surface area contributed by atoms with Crippen molar-refractivity contribution in [1.29, 1.82) is 0 Å². The quantitative estimate of drug-likeness (QED) is 0.121. The van der Waals surface area contributed by atoms with Gasteiger partial charge in [-0.3, -0.25) is 20.2 Å². The molecule has 1 heterocycles. The molecule has 1 aromatic carbocycles. The molecule has 37 heavy (non-hydrogen) atoms. The maximum absolute atomic E-state index is 13.2. The van der Waals surface area contributed by atoms with Gasteiger partial charge in [-0.15, -0.1) is 0 Å². The largest absolute Gasteiger partial charge is 0.462 e. The number of nitro groups is 2. The molecule has 0 saturated heterocycles. The first kappa shape index (κ1) is 29.4. The van der Waals surface area contributed by atoms with Gasteiger partial charge in [0.25, 0.3) is 5.69 Å². The summed E-state index contributed by atoms with van der Waals surface area (Å²) in [6.07, 6.45) is 3.83. The Hall–Kier alpha value is -3.80. The van der Waals surface area contributed by atoms with Crippen molar-refractivity contribution in [3.8, 4) is 0 Å². The number of unbranched alkanes of at least 4 members (excludes halogenated alkanes) is 5. The molecular weight excluding hydrogens is 486 g/mol. The Morgan fingerprint density at radius 1 is 1.00 bits per heavy atom. The van der Waals surface area contributed by atoms with Crippen molar-refractivity contribution in [3.05, 3.63) is 72.6 Å². The number of nitro benzene ring substituents is 1. The number of hydrogen-bond donors (Lipinski definition) is 2. The Morgan fingerprint density at radius 3 is 2.19 bits per heavy atom. The zero-order chi connectivity index (χ0) is 27.5. The van der Waals surface area contributed by atoms with Gasteiger partial charge in [0, 0.05) is 23.5 Å². The minimum Gasteiger partial charge on any atom is -0.462 e. The van der Waals surface area contributed by atoms with Crippen LogP contribution >= 0.6 is 0 Å². The SMILES string of the molecule is CCCCCCCCOC(=O)C1=C(C)NC(C)=C(C(=O)OCC(O)[N+](=O)[O-])C1c1cccc([N+](=O)[O-])c1. The first-order valence-corrected chi connectivity index (χ1v) is 12.2. The summed E-state index contributed by atoms with van der Waals surface area (Å²) in [6.45, 7) is 4.55. The topological polar surface area (TPSA) is 171 Å². The molecule has 2 atom stereocenters. The van der Waals surface area contributed by atoms with Crippen molar-refractivity contribution in [3.63, 3.8) is 0 Å². The lowest BCUT2D eigenvalue weighted by atomic mass is 9.80. The van der Waals surface area contributed by atoms with Gasteiger partial charge >= 0.3 is 18.2 Å². The van der Waals surface area contributed by atoms with Crippen LogP contribution in [0.15, 0.2) is 46.8 Å². The van der Waals surface area contributed by atoms with Crippen molar-refractivity contribution >= 4 is 17.6 Å². The van der Waals surface area contributed by atoms with Crippen LogP contribution in [0.25, 0.3) is 0 Å². The molecule has 0 saturated carbocycles. The number of non-ortho nitro benzene ring substituents is 1. The van der Waals surface area contributed by atoms with E-state index in [4.69, 9.17) is 9.47 Å². The summed E-state index contributed by atoms with van der Waals surface area (Å²) in [5.74, 6) is -2.81. The summed E-state index contributed by atoms with van der Waals surface area (Å²) in [6, 6.07) is 5.49. The van der Waals surface area contributed by atoms with Gasteiger partial charge in [-0.2, -0.15) is 0 Å². The molecule has 12 heteroatoms. The van der Waals surface area contributed by atoms with Crippen LogP contribution in [0.1, 0.15) is 70.8 Å². The van der Waals surface area contributed by atoms with Crippen LogP contribution in [-0.2, 0) is 19.1 Å². The minimum atomic E-state index is -2.13. The number of ether oxygens (including phenoxy) is 2. The number of allylic oxidation sites excluding steroid dienone is 2. The third-order valence-corrected chi connectivity index (χ3v) is 5.95. The van der Waals surface area contributed by atoms with E-state index >= 15 is 0 Å². The van der Waals surface area contributed by atoms with Crippen molar-refractivity contribution in [2.45, 2.75) is 71.4 Å². The number of dihydropyridines is 1. The fourth-order valence-corrected chi connectivity index (χ4v) is 4.10. The van der Waals surface area contributed by atoms with Gasteiger partial charge < -0.3 is 19.9 Å². The molecule has 1 aliphatic rings. The highest BCUT2D eigenvalue weighted by Crippen LogP contribution is 2.40. The molecule has 0 aromatic heterocycles. The van der Waals surface area contributed by atoms with Gasteiger partial charge in [0.15, 0.2) is 6.61 Å². The zero-order valence-electron chi connectivity index (χ0n) is 21.2. The van der Waals surface area contributed by atoms with Crippen LogP contribution in [0.3, 0.4) is 0 Å². The van der Waals surface area contributed by atoms with Crippen LogP contribution in [0.5, 0.6) is 0 Å². The van der Waals surface area contributed by atoms with Gasteiger partial charge in [-0.1, -0.05) is 51.2 Å². The third kappa shape index (κ3) is 8.10. The number of esters is 2. The van der Waals surface area contributed by atoms with Crippen molar-refractivity contribution in [1.82, 2.24) is 5.32 Å². The van der Waals surface area contributed by atoms with Gasteiger partial charge in [-0.25, -0.2) is 9.59 Å². The van der Waals surface area contributed by atoms with E-state index < -0.39 is 40.5 Å². The lowest BCUT2D eigenvalue weighted by Crippen LogP contribution is -2.34. The fourth-order valence-electron chi connectivity index (χ4n) is 4.10. The van der Waals surface area contributed by atoms with Crippen LogP contribution in [0.4, 0.5) is 5.69 Å². The minimum absolute atomic E-state index is 0.0684. The molecule has 202 valence electrons. The number of rotatable bonds is 14. The van der Waals surface area contributed by atoms with Crippen LogP contribution < -0.4 is 5.32 Å². The van der Waals surface area contributed by atoms with Crippen molar-refractivity contribution in [2.24, 2.45) is 0 Å². The average Bonchev–Trinajstić information content (AvgIpc) is 2.85. The molecular formula is C25H33N3O9. The van der Waals surface area contributed by atoms with Gasteiger partial charge in [0.05, 0.1) is 33.5 Å². The molecule has 0 bridgehead atoms. The van der Waals surface area contributed by atoms with Gasteiger partial charge in [-0.05, 0) is 25.8 Å². The van der Waals surface area contributed by atoms with Crippen LogP contribution in [0.2, 0.25) is 0 Å². The predicted octanol–water partition coefficient (Wildman–Crippen LogP) is 3.87. The number of aliphatic hydroxyl groups excluding tert-OH is 1. The number of aliphatic hydroxyl groups is 1. The first-order chi connectivity index (χ1) is 17.6. The van der Waals surface area contributed by atoms with E-state index in [0.717, 1.165) is 32.1 Å².